The highest BCUT2D eigenvalue weighted by molar-refractivity contribution is 6.17. The Labute approximate surface area is 215 Å². The Morgan fingerprint density at radius 1 is 0.556 bits per heavy atom. The highest BCUT2D eigenvalue weighted by atomic mass is 35.5. The van der Waals surface area contributed by atoms with Crippen LogP contribution in [0.15, 0.2) is 109 Å². The number of rotatable bonds is 6. The first-order chi connectivity index (χ1) is 17.8. The Kier molecular flexibility index (Phi) is 7.41. The van der Waals surface area contributed by atoms with Crippen LogP contribution in [0.4, 0.5) is 0 Å². The minimum Gasteiger partial charge on any atom is -0.390 e. The van der Waals surface area contributed by atoms with Crippen LogP contribution in [0.5, 0.6) is 0 Å². The summed E-state index contributed by atoms with van der Waals surface area (Å²) in [5.41, 5.74) is 6.33. The molecule has 6 rings (SSSR count). The molecule has 0 bridgehead atoms. The fourth-order valence-electron chi connectivity index (χ4n) is 4.36. The molecule has 6 aromatic rings. The Hall–Kier alpha value is -3.93. The lowest BCUT2D eigenvalue weighted by molar-refractivity contribution is 0.276. The summed E-state index contributed by atoms with van der Waals surface area (Å²) in [6.45, 7) is 1.47. The van der Waals surface area contributed by atoms with Crippen molar-refractivity contribution >= 4 is 33.4 Å². The van der Waals surface area contributed by atoms with Gasteiger partial charge < -0.3 is 5.11 Å². The first-order valence-electron chi connectivity index (χ1n) is 11.9. The van der Waals surface area contributed by atoms with Gasteiger partial charge in [-0.15, -0.1) is 11.6 Å². The number of aliphatic hydroxyl groups excluding tert-OH is 1. The van der Waals surface area contributed by atoms with E-state index in [0.717, 1.165) is 46.3 Å². The summed E-state index contributed by atoms with van der Waals surface area (Å²) in [7, 11) is 0. The number of alkyl halides is 1. The highest BCUT2D eigenvalue weighted by Crippen LogP contribution is 2.21. The lowest BCUT2D eigenvalue weighted by atomic mass is 10.2. The van der Waals surface area contributed by atoms with Crippen LogP contribution in [0.3, 0.4) is 0 Å². The maximum atomic E-state index is 9.34. The van der Waals surface area contributed by atoms with Gasteiger partial charge in [-0.05, 0) is 23.3 Å². The second-order valence-electron chi connectivity index (χ2n) is 8.51. The van der Waals surface area contributed by atoms with Crippen LogP contribution in [0.2, 0.25) is 0 Å². The summed E-state index contributed by atoms with van der Waals surface area (Å²) in [5, 5.41) is 20.6. The summed E-state index contributed by atoms with van der Waals surface area (Å²) < 4.78 is 3.96. The molecule has 180 valence electrons. The van der Waals surface area contributed by atoms with Crippen LogP contribution in [-0.2, 0) is 25.6 Å². The van der Waals surface area contributed by atoms with E-state index in [2.05, 4.69) is 46.6 Å². The van der Waals surface area contributed by atoms with Crippen molar-refractivity contribution in [2.45, 2.75) is 25.6 Å². The van der Waals surface area contributed by atoms with E-state index in [1.807, 2.05) is 82.2 Å². The molecule has 0 aliphatic carbocycles. The predicted molar refractivity (Wildman–Crippen MR) is 146 cm³/mol. The number of halogens is 1. The lowest BCUT2D eigenvalue weighted by Crippen LogP contribution is -2.02. The number of fused-ring (bicyclic) bond motifs is 2. The van der Waals surface area contributed by atoms with Crippen molar-refractivity contribution in [1.29, 1.82) is 0 Å². The van der Waals surface area contributed by atoms with Crippen molar-refractivity contribution in [2.24, 2.45) is 0 Å². The Bertz CT molecular complexity index is 1440. The number of aromatic nitrogens is 4. The second-order valence-corrected chi connectivity index (χ2v) is 8.77. The zero-order chi connectivity index (χ0) is 24.7. The Morgan fingerprint density at radius 3 is 1.44 bits per heavy atom. The summed E-state index contributed by atoms with van der Waals surface area (Å²) in [6.07, 6.45) is 0. The molecule has 0 saturated heterocycles. The molecule has 0 aliphatic rings. The molecule has 0 unspecified atom stereocenters. The fraction of sp³-hybridized carbons (Fsp3) is 0.133. The molecule has 0 amide bonds. The van der Waals surface area contributed by atoms with Gasteiger partial charge in [0.2, 0.25) is 0 Å². The van der Waals surface area contributed by atoms with E-state index in [9.17, 15) is 5.11 Å². The molecule has 0 fully saturated rings. The van der Waals surface area contributed by atoms with Gasteiger partial charge in [0.25, 0.3) is 0 Å². The number of para-hydroxylation sites is 2. The Morgan fingerprint density at radius 2 is 0.972 bits per heavy atom. The van der Waals surface area contributed by atoms with Gasteiger partial charge in [0.05, 0.1) is 48.0 Å². The minimum absolute atomic E-state index is 0.0255. The smallest absolute Gasteiger partial charge is 0.0957 e. The SMILES string of the molecule is ClCc1nn(Cc2ccccc2)c2ccccc12.OCc1nn(Cc2ccccc2)c2ccccc12. The summed E-state index contributed by atoms with van der Waals surface area (Å²) in [5.74, 6) is 0.447. The first kappa shape index (κ1) is 23.8. The third kappa shape index (κ3) is 5.18. The van der Waals surface area contributed by atoms with E-state index in [4.69, 9.17) is 11.6 Å². The van der Waals surface area contributed by atoms with Crippen molar-refractivity contribution in [3.8, 4) is 0 Å². The molecule has 0 atom stereocenters. The molecular formula is C30H27ClN4O. The maximum Gasteiger partial charge on any atom is 0.0957 e. The fourth-order valence-corrected chi connectivity index (χ4v) is 4.56. The highest BCUT2D eigenvalue weighted by Gasteiger charge is 2.10. The molecule has 1 N–H and O–H groups in total. The zero-order valence-electron chi connectivity index (χ0n) is 19.8. The number of hydrogen-bond acceptors (Lipinski definition) is 3. The quantitative estimate of drug-likeness (QED) is 0.272. The van der Waals surface area contributed by atoms with Crippen molar-refractivity contribution in [3.63, 3.8) is 0 Å². The average molecular weight is 495 g/mol. The molecule has 0 spiro atoms. The van der Waals surface area contributed by atoms with Crippen LogP contribution in [0, 0.1) is 0 Å². The summed E-state index contributed by atoms with van der Waals surface area (Å²) in [6, 6.07) is 36.7. The predicted octanol–water partition coefficient (Wildman–Crippen LogP) is 6.40. The van der Waals surface area contributed by atoms with Gasteiger partial charge in [0, 0.05) is 10.8 Å². The van der Waals surface area contributed by atoms with E-state index in [1.165, 1.54) is 11.1 Å². The third-order valence-corrected chi connectivity index (χ3v) is 6.35. The Balaban J connectivity index is 0.000000148. The standard InChI is InChI=1S/C15H13ClN2.C15H14N2O/c16-10-14-13-8-4-5-9-15(13)18(17-14)11-12-6-2-1-3-7-12;18-11-14-13-8-4-5-9-15(13)17(16-14)10-12-6-2-1-3-7-12/h1-9H,10-11H2;1-9,18H,10-11H2. The van der Waals surface area contributed by atoms with Gasteiger partial charge in [-0.2, -0.15) is 10.2 Å². The molecule has 36 heavy (non-hydrogen) atoms. The van der Waals surface area contributed by atoms with Crippen LogP contribution in [-0.4, -0.2) is 24.7 Å². The summed E-state index contributed by atoms with van der Waals surface area (Å²) >= 11 is 5.95. The molecule has 0 radical (unpaired) electrons. The third-order valence-electron chi connectivity index (χ3n) is 6.10. The number of aliphatic hydroxyl groups is 1. The van der Waals surface area contributed by atoms with Crippen LogP contribution < -0.4 is 0 Å². The normalized spacial score (nSPS) is 10.9. The molecule has 6 heteroatoms. The number of benzene rings is 4. The maximum absolute atomic E-state index is 9.34. The number of hydrogen-bond donors (Lipinski definition) is 1. The molecule has 0 aliphatic heterocycles. The molecule has 4 aromatic carbocycles. The van der Waals surface area contributed by atoms with E-state index < -0.39 is 0 Å². The van der Waals surface area contributed by atoms with Gasteiger partial charge >= 0.3 is 0 Å². The van der Waals surface area contributed by atoms with Crippen molar-refractivity contribution in [3.05, 3.63) is 132 Å². The lowest BCUT2D eigenvalue weighted by Gasteiger charge is -2.03. The summed E-state index contributed by atoms with van der Waals surface area (Å²) in [4.78, 5) is 0. The van der Waals surface area contributed by atoms with Crippen LogP contribution in [0.1, 0.15) is 22.5 Å². The van der Waals surface area contributed by atoms with Gasteiger partial charge in [0.1, 0.15) is 0 Å². The monoisotopic (exact) mass is 494 g/mol. The van der Waals surface area contributed by atoms with Crippen molar-refractivity contribution in [1.82, 2.24) is 19.6 Å². The molecule has 5 nitrogen and oxygen atoms in total. The topological polar surface area (TPSA) is 55.9 Å². The molecule has 2 heterocycles. The van der Waals surface area contributed by atoms with Crippen molar-refractivity contribution < 1.29 is 5.11 Å². The second kappa shape index (κ2) is 11.2. The van der Waals surface area contributed by atoms with E-state index in [-0.39, 0.29) is 6.61 Å². The molecule has 0 saturated carbocycles. The largest absolute Gasteiger partial charge is 0.390 e. The zero-order valence-corrected chi connectivity index (χ0v) is 20.6. The average Bonchev–Trinajstić information content (AvgIpc) is 3.48. The molecular weight excluding hydrogens is 468 g/mol. The van der Waals surface area contributed by atoms with E-state index in [0.29, 0.717) is 5.88 Å². The van der Waals surface area contributed by atoms with Crippen molar-refractivity contribution in [2.75, 3.05) is 0 Å². The minimum atomic E-state index is -0.0255. The van der Waals surface area contributed by atoms with E-state index >= 15 is 0 Å². The van der Waals surface area contributed by atoms with Gasteiger partial charge in [0.15, 0.2) is 0 Å². The van der Waals surface area contributed by atoms with E-state index in [1.54, 1.807) is 0 Å². The van der Waals surface area contributed by atoms with Crippen LogP contribution in [0.25, 0.3) is 21.8 Å². The van der Waals surface area contributed by atoms with Gasteiger partial charge in [-0.25, -0.2) is 0 Å². The van der Waals surface area contributed by atoms with Crippen LogP contribution >= 0.6 is 11.6 Å². The van der Waals surface area contributed by atoms with Gasteiger partial charge in [-0.1, -0.05) is 97.1 Å². The first-order valence-corrected chi connectivity index (χ1v) is 12.4. The number of nitrogens with zero attached hydrogens (tertiary/aromatic N) is 4. The molecule has 2 aromatic heterocycles. The van der Waals surface area contributed by atoms with Gasteiger partial charge in [-0.3, -0.25) is 9.36 Å².